The number of nitrogens with one attached hydrogen (secondary N) is 1. The molecule has 1 fully saturated rings. The third-order valence-electron chi connectivity index (χ3n) is 4.94. The van der Waals surface area contributed by atoms with Gasteiger partial charge in [0.25, 0.3) is 0 Å². The monoisotopic (exact) mass is 420 g/mol. The summed E-state index contributed by atoms with van der Waals surface area (Å²) in [5, 5.41) is 2.61. The van der Waals surface area contributed by atoms with E-state index in [4.69, 9.17) is 0 Å². The Labute approximate surface area is 179 Å². The maximum absolute atomic E-state index is 14.3. The summed E-state index contributed by atoms with van der Waals surface area (Å²) >= 11 is 1.46. The molecule has 4 nitrogen and oxygen atoms in total. The molecule has 6 heteroatoms. The first-order valence-corrected chi connectivity index (χ1v) is 10.8. The van der Waals surface area contributed by atoms with Crippen LogP contribution < -0.4 is 10.2 Å². The van der Waals surface area contributed by atoms with Gasteiger partial charge in [-0.2, -0.15) is 0 Å². The zero-order valence-corrected chi connectivity index (χ0v) is 17.1. The van der Waals surface area contributed by atoms with Gasteiger partial charge in [0.1, 0.15) is 11.2 Å². The Morgan fingerprint density at radius 1 is 1.00 bits per heavy atom. The zero-order valence-electron chi connectivity index (χ0n) is 16.3. The summed E-state index contributed by atoms with van der Waals surface area (Å²) in [4.78, 5) is 26.1. The number of carbonyl (C=O) groups is 2. The van der Waals surface area contributed by atoms with Crippen LogP contribution in [0.3, 0.4) is 0 Å². The number of para-hydroxylation sites is 1. The molecule has 4 rings (SSSR count). The number of hydrogen-bond donors (Lipinski definition) is 1. The van der Waals surface area contributed by atoms with Crippen molar-refractivity contribution in [2.24, 2.45) is 0 Å². The Morgan fingerprint density at radius 3 is 2.43 bits per heavy atom. The van der Waals surface area contributed by atoms with Crippen molar-refractivity contribution in [3.63, 3.8) is 0 Å². The van der Waals surface area contributed by atoms with E-state index < -0.39 is 5.82 Å². The third kappa shape index (κ3) is 4.54. The van der Waals surface area contributed by atoms with Gasteiger partial charge in [-0.05, 0) is 41.8 Å². The maximum atomic E-state index is 14.3. The fourth-order valence-electron chi connectivity index (χ4n) is 3.44. The second-order valence-electron chi connectivity index (χ2n) is 7.03. The lowest BCUT2D eigenvalue weighted by molar-refractivity contribution is -0.116. The third-order valence-corrected chi connectivity index (χ3v) is 6.16. The van der Waals surface area contributed by atoms with Gasteiger partial charge >= 0.3 is 0 Å². The van der Waals surface area contributed by atoms with Gasteiger partial charge in [0.15, 0.2) is 0 Å². The van der Waals surface area contributed by atoms with Gasteiger partial charge in [-0.3, -0.25) is 14.5 Å². The maximum Gasteiger partial charge on any atom is 0.238 e. The number of anilines is 2. The van der Waals surface area contributed by atoms with E-state index in [1.165, 1.54) is 22.7 Å². The lowest BCUT2D eigenvalue weighted by atomic mass is 10.1. The molecule has 0 unspecified atom stereocenters. The number of benzene rings is 3. The Morgan fingerprint density at radius 2 is 1.70 bits per heavy atom. The van der Waals surface area contributed by atoms with Crippen LogP contribution in [0.4, 0.5) is 15.8 Å². The van der Waals surface area contributed by atoms with Crippen molar-refractivity contribution in [3.05, 3.63) is 95.8 Å². The molecule has 30 heavy (non-hydrogen) atoms. The minimum absolute atomic E-state index is 0.0509. The van der Waals surface area contributed by atoms with Gasteiger partial charge in [0, 0.05) is 12.1 Å². The standard InChI is InChI=1S/C24H21FN2O2S/c25-20-8-4-5-9-21(20)27-23(29)16-30-24(27)18-11-13-19(14-12-18)26-22(28)15-10-17-6-2-1-3-7-17/h1-9,11-14,24H,10,15-16H2,(H,26,28)/t24-/m1/s1. The van der Waals surface area contributed by atoms with Crippen LogP contribution in [0, 0.1) is 5.82 Å². The van der Waals surface area contributed by atoms with E-state index >= 15 is 0 Å². The van der Waals surface area contributed by atoms with Gasteiger partial charge in [0.2, 0.25) is 11.8 Å². The Bertz CT molecular complexity index is 1040. The lowest BCUT2D eigenvalue weighted by Gasteiger charge is -2.24. The van der Waals surface area contributed by atoms with E-state index in [9.17, 15) is 14.0 Å². The van der Waals surface area contributed by atoms with E-state index in [0.717, 1.165) is 11.1 Å². The van der Waals surface area contributed by atoms with Crippen LogP contribution in [0.2, 0.25) is 0 Å². The number of amides is 2. The lowest BCUT2D eigenvalue weighted by Crippen LogP contribution is -2.28. The summed E-state index contributed by atoms with van der Waals surface area (Å²) < 4.78 is 14.3. The molecule has 1 heterocycles. The van der Waals surface area contributed by atoms with Gasteiger partial charge < -0.3 is 5.32 Å². The highest BCUT2D eigenvalue weighted by molar-refractivity contribution is 8.00. The second-order valence-corrected chi connectivity index (χ2v) is 8.10. The first kappa shape index (κ1) is 20.2. The molecule has 0 radical (unpaired) electrons. The smallest absolute Gasteiger partial charge is 0.238 e. The normalized spacial score (nSPS) is 16.0. The quantitative estimate of drug-likeness (QED) is 0.598. The van der Waals surface area contributed by atoms with Gasteiger partial charge in [-0.15, -0.1) is 11.8 Å². The molecule has 1 saturated heterocycles. The SMILES string of the molecule is O=C(CCc1ccccc1)Nc1ccc([C@H]2SCC(=O)N2c2ccccc2F)cc1. The number of rotatable bonds is 6. The second kappa shape index (κ2) is 9.13. The van der Waals surface area contributed by atoms with Crippen LogP contribution in [-0.2, 0) is 16.0 Å². The zero-order chi connectivity index (χ0) is 20.9. The molecule has 152 valence electrons. The first-order valence-electron chi connectivity index (χ1n) is 9.74. The van der Waals surface area contributed by atoms with Crippen LogP contribution in [0.15, 0.2) is 78.9 Å². The van der Waals surface area contributed by atoms with Crippen LogP contribution in [0.5, 0.6) is 0 Å². The molecule has 3 aromatic carbocycles. The molecule has 3 aromatic rings. The van der Waals surface area contributed by atoms with Crippen LogP contribution in [0.1, 0.15) is 22.9 Å². The molecule has 1 atom stereocenters. The van der Waals surface area contributed by atoms with E-state index in [-0.39, 0.29) is 22.9 Å². The topological polar surface area (TPSA) is 49.4 Å². The molecule has 1 aliphatic heterocycles. The van der Waals surface area contributed by atoms with Crippen LogP contribution in [0.25, 0.3) is 0 Å². The van der Waals surface area contributed by atoms with Gasteiger partial charge in [-0.1, -0.05) is 54.6 Å². The molecule has 0 aliphatic carbocycles. The minimum Gasteiger partial charge on any atom is -0.326 e. The summed E-state index contributed by atoms with van der Waals surface area (Å²) in [7, 11) is 0. The Balaban J connectivity index is 1.42. The number of carbonyl (C=O) groups excluding carboxylic acids is 2. The van der Waals surface area contributed by atoms with Crippen molar-refractivity contribution < 1.29 is 14.0 Å². The minimum atomic E-state index is -0.416. The number of nitrogens with zero attached hydrogens (tertiary/aromatic N) is 1. The van der Waals surface area contributed by atoms with E-state index in [0.29, 0.717) is 24.3 Å². The summed E-state index contributed by atoms with van der Waals surface area (Å²) in [5.74, 6) is -0.282. The molecule has 1 N–H and O–H groups in total. The van der Waals surface area contributed by atoms with Crippen molar-refractivity contribution in [3.8, 4) is 0 Å². The summed E-state index contributed by atoms with van der Waals surface area (Å²) in [6.07, 6.45) is 1.09. The molecule has 1 aliphatic rings. The highest BCUT2D eigenvalue weighted by Crippen LogP contribution is 2.42. The average Bonchev–Trinajstić information content (AvgIpc) is 3.15. The van der Waals surface area contributed by atoms with Gasteiger partial charge in [-0.25, -0.2) is 4.39 Å². The van der Waals surface area contributed by atoms with Crippen molar-refractivity contribution in [2.75, 3.05) is 16.0 Å². The number of thioether (sulfide) groups is 1. The molecular weight excluding hydrogens is 399 g/mol. The number of aryl methyl sites for hydroxylation is 1. The molecule has 0 bridgehead atoms. The van der Waals surface area contributed by atoms with Crippen LogP contribution in [-0.4, -0.2) is 17.6 Å². The summed E-state index contributed by atoms with van der Waals surface area (Å²) in [6.45, 7) is 0. The molecule has 0 aromatic heterocycles. The Kier molecular flexibility index (Phi) is 6.14. The van der Waals surface area contributed by atoms with Crippen molar-refractivity contribution in [1.29, 1.82) is 0 Å². The van der Waals surface area contributed by atoms with E-state index in [1.807, 2.05) is 54.6 Å². The fraction of sp³-hybridized carbons (Fsp3) is 0.167. The highest BCUT2D eigenvalue weighted by atomic mass is 32.2. The molecule has 0 saturated carbocycles. The van der Waals surface area contributed by atoms with Crippen molar-refractivity contribution in [2.45, 2.75) is 18.2 Å². The Hall–Kier alpha value is -3.12. The van der Waals surface area contributed by atoms with Crippen LogP contribution >= 0.6 is 11.8 Å². The fourth-order valence-corrected chi connectivity index (χ4v) is 4.60. The first-order chi connectivity index (χ1) is 14.6. The highest BCUT2D eigenvalue weighted by Gasteiger charge is 2.35. The number of halogens is 1. The molecule has 2 amide bonds. The van der Waals surface area contributed by atoms with Crippen molar-refractivity contribution in [1.82, 2.24) is 0 Å². The summed E-state index contributed by atoms with van der Waals surface area (Å²) in [5.41, 5.74) is 3.00. The van der Waals surface area contributed by atoms with Crippen molar-refractivity contribution >= 4 is 35.0 Å². The predicted molar refractivity (Wildman–Crippen MR) is 119 cm³/mol. The largest absolute Gasteiger partial charge is 0.326 e. The molecule has 0 spiro atoms. The van der Waals surface area contributed by atoms with E-state index in [1.54, 1.807) is 18.2 Å². The van der Waals surface area contributed by atoms with E-state index in [2.05, 4.69) is 5.32 Å². The predicted octanol–water partition coefficient (Wildman–Crippen LogP) is 5.18. The number of hydrogen-bond acceptors (Lipinski definition) is 3. The average molecular weight is 421 g/mol. The van der Waals surface area contributed by atoms with Gasteiger partial charge in [0.05, 0.1) is 11.4 Å². The summed E-state index contributed by atoms with van der Waals surface area (Å²) in [6, 6.07) is 23.6. The molecular formula is C24H21FN2O2S.